The Labute approximate surface area is 147 Å². The van der Waals surface area contributed by atoms with Crippen LogP contribution in [0.25, 0.3) is 39.3 Å². The summed E-state index contributed by atoms with van der Waals surface area (Å²) in [6, 6.07) is 14.5. The number of allylic oxidation sites excluding steroid dienone is 1. The average Bonchev–Trinajstić information content (AvgIpc) is 3.28. The Bertz CT molecular complexity index is 1010. The first kappa shape index (κ1) is 15.7. The molecule has 0 saturated carbocycles. The summed E-state index contributed by atoms with van der Waals surface area (Å²) < 4.78 is 5.51. The van der Waals surface area contributed by atoms with Crippen LogP contribution in [0.2, 0.25) is 0 Å². The van der Waals surface area contributed by atoms with Crippen molar-refractivity contribution in [2.24, 2.45) is 0 Å². The second-order valence-corrected chi connectivity index (χ2v) is 6.39. The highest BCUT2D eigenvalue weighted by molar-refractivity contribution is 6.07. The predicted molar refractivity (Wildman–Crippen MR) is 104 cm³/mol. The van der Waals surface area contributed by atoms with Crippen molar-refractivity contribution < 1.29 is 4.42 Å². The van der Waals surface area contributed by atoms with Gasteiger partial charge in [-0.2, -0.15) is 0 Å². The monoisotopic (exact) mass is 330 g/mol. The molecule has 0 aliphatic carbocycles. The Balaban J connectivity index is 1.66. The summed E-state index contributed by atoms with van der Waals surface area (Å²) in [6.45, 7) is 2.23. The van der Waals surface area contributed by atoms with Gasteiger partial charge in [-0.1, -0.05) is 25.8 Å². The topological polar surface area (TPSA) is 41.8 Å². The molecule has 0 amide bonds. The Hall–Kier alpha value is -2.81. The summed E-state index contributed by atoms with van der Waals surface area (Å²) in [4.78, 5) is 8.18. The van der Waals surface area contributed by atoms with Gasteiger partial charge in [0.2, 0.25) is 0 Å². The van der Waals surface area contributed by atoms with Crippen LogP contribution in [0, 0.1) is 0 Å². The van der Waals surface area contributed by atoms with Gasteiger partial charge >= 0.3 is 0 Å². The number of nitrogens with one attached hydrogen (secondary N) is 1. The number of rotatable bonds is 6. The quantitative estimate of drug-likeness (QED) is 0.406. The van der Waals surface area contributed by atoms with E-state index in [9.17, 15) is 0 Å². The number of nitrogens with zero attached hydrogens (tertiary/aromatic N) is 1. The fourth-order valence-corrected chi connectivity index (χ4v) is 3.20. The van der Waals surface area contributed by atoms with Crippen LogP contribution >= 0.6 is 0 Å². The molecule has 0 spiro atoms. The molecule has 0 radical (unpaired) electrons. The lowest BCUT2D eigenvalue weighted by molar-refractivity contribution is 0.582. The van der Waals surface area contributed by atoms with E-state index >= 15 is 0 Å². The molecule has 4 rings (SSSR count). The molecule has 3 heterocycles. The van der Waals surface area contributed by atoms with Crippen molar-refractivity contribution in [3.05, 3.63) is 60.5 Å². The van der Waals surface area contributed by atoms with Gasteiger partial charge in [0.25, 0.3) is 0 Å². The highest BCUT2D eigenvalue weighted by Crippen LogP contribution is 2.29. The van der Waals surface area contributed by atoms with Crippen LogP contribution in [-0.2, 0) is 0 Å². The highest BCUT2D eigenvalue weighted by atomic mass is 16.3. The van der Waals surface area contributed by atoms with E-state index in [2.05, 4.69) is 54.4 Å². The number of unbranched alkanes of at least 4 members (excludes halogenated alkanes) is 3. The summed E-state index contributed by atoms with van der Waals surface area (Å²) in [6.07, 6.45) is 11.0. The molecule has 4 aromatic rings. The summed E-state index contributed by atoms with van der Waals surface area (Å²) >= 11 is 0. The maximum absolute atomic E-state index is 5.51. The van der Waals surface area contributed by atoms with E-state index < -0.39 is 0 Å². The molecule has 3 heteroatoms. The van der Waals surface area contributed by atoms with Crippen LogP contribution < -0.4 is 0 Å². The van der Waals surface area contributed by atoms with Crippen LogP contribution in [0.3, 0.4) is 0 Å². The zero-order chi connectivity index (χ0) is 17.1. The zero-order valence-corrected chi connectivity index (χ0v) is 14.5. The van der Waals surface area contributed by atoms with Crippen molar-refractivity contribution in [2.75, 3.05) is 0 Å². The van der Waals surface area contributed by atoms with Crippen LogP contribution in [0.5, 0.6) is 0 Å². The number of aromatic amines is 1. The Morgan fingerprint density at radius 3 is 2.88 bits per heavy atom. The molecule has 0 unspecified atom stereocenters. The van der Waals surface area contributed by atoms with E-state index in [1.54, 1.807) is 6.26 Å². The van der Waals surface area contributed by atoms with Crippen LogP contribution in [-0.4, -0.2) is 9.97 Å². The number of furan rings is 1. The first-order valence-corrected chi connectivity index (χ1v) is 8.98. The minimum Gasteiger partial charge on any atom is -0.464 e. The molecule has 25 heavy (non-hydrogen) atoms. The van der Waals surface area contributed by atoms with Crippen LogP contribution in [0.1, 0.15) is 38.3 Å². The number of aromatic nitrogens is 2. The molecule has 126 valence electrons. The van der Waals surface area contributed by atoms with Gasteiger partial charge in [0.1, 0.15) is 11.4 Å². The molecule has 0 fully saturated rings. The van der Waals surface area contributed by atoms with Crippen LogP contribution in [0.4, 0.5) is 0 Å². The molecule has 1 aromatic carbocycles. The molecule has 0 saturated heterocycles. The predicted octanol–water partition coefficient (Wildman–Crippen LogP) is 6.57. The zero-order valence-electron chi connectivity index (χ0n) is 14.5. The lowest BCUT2D eigenvalue weighted by atomic mass is 10.1. The van der Waals surface area contributed by atoms with Crippen molar-refractivity contribution >= 4 is 28.0 Å². The Morgan fingerprint density at radius 1 is 1.08 bits per heavy atom. The number of fused-ring (bicyclic) bond motifs is 3. The minimum atomic E-state index is 0.885. The van der Waals surface area contributed by atoms with Crippen molar-refractivity contribution in [2.45, 2.75) is 32.6 Å². The van der Waals surface area contributed by atoms with E-state index in [1.807, 2.05) is 12.1 Å². The minimum absolute atomic E-state index is 0.885. The number of pyridine rings is 1. The molecular formula is C22H22N2O. The Kier molecular flexibility index (Phi) is 4.38. The first-order valence-electron chi connectivity index (χ1n) is 8.98. The molecule has 0 aliphatic heterocycles. The second-order valence-electron chi connectivity index (χ2n) is 6.39. The van der Waals surface area contributed by atoms with E-state index in [0.29, 0.717) is 0 Å². The third kappa shape index (κ3) is 3.22. The fraction of sp³-hybridized carbons (Fsp3) is 0.227. The third-order valence-corrected chi connectivity index (χ3v) is 4.55. The van der Waals surface area contributed by atoms with Gasteiger partial charge in [0, 0.05) is 21.9 Å². The maximum atomic E-state index is 5.51. The number of hydrogen-bond acceptors (Lipinski definition) is 2. The molecule has 3 nitrogen and oxygen atoms in total. The standard InChI is InChI=1S/C22H22N2O/c1-2-3-4-5-6-8-17-11-12-18-19-15-16(21-9-7-14-25-21)10-13-20(19)24-22(18)23-17/h6-15H,2-5H2,1H3,(H,23,24)/b8-6+. The van der Waals surface area contributed by atoms with Crippen molar-refractivity contribution in [3.63, 3.8) is 0 Å². The lowest BCUT2D eigenvalue weighted by Gasteiger charge is -1.98. The second kappa shape index (κ2) is 6.98. The molecule has 3 aromatic heterocycles. The van der Waals surface area contributed by atoms with Gasteiger partial charge in [-0.25, -0.2) is 4.98 Å². The molecular weight excluding hydrogens is 308 g/mol. The summed E-state index contributed by atoms with van der Waals surface area (Å²) in [5.41, 5.74) is 4.12. The van der Waals surface area contributed by atoms with Gasteiger partial charge in [0.15, 0.2) is 0 Å². The number of hydrogen-bond donors (Lipinski definition) is 1. The van der Waals surface area contributed by atoms with E-state index in [1.165, 1.54) is 24.6 Å². The summed E-state index contributed by atoms with van der Waals surface area (Å²) in [5.74, 6) is 0.885. The molecule has 0 atom stereocenters. The highest BCUT2D eigenvalue weighted by Gasteiger charge is 2.08. The van der Waals surface area contributed by atoms with Gasteiger partial charge in [-0.15, -0.1) is 0 Å². The molecule has 1 N–H and O–H groups in total. The van der Waals surface area contributed by atoms with Gasteiger partial charge < -0.3 is 9.40 Å². The van der Waals surface area contributed by atoms with E-state index in [0.717, 1.165) is 40.0 Å². The average molecular weight is 330 g/mol. The molecule has 0 bridgehead atoms. The van der Waals surface area contributed by atoms with Gasteiger partial charge in [-0.3, -0.25) is 0 Å². The SMILES string of the molecule is CCCCC/C=C/c1ccc2c(n1)[nH]c1ccc(-c3ccco3)cc12. The number of benzene rings is 1. The lowest BCUT2D eigenvalue weighted by Crippen LogP contribution is -1.81. The van der Waals surface area contributed by atoms with E-state index in [-0.39, 0.29) is 0 Å². The van der Waals surface area contributed by atoms with Gasteiger partial charge in [-0.05, 0) is 61.4 Å². The Morgan fingerprint density at radius 2 is 2.04 bits per heavy atom. The van der Waals surface area contributed by atoms with Crippen molar-refractivity contribution in [1.82, 2.24) is 9.97 Å². The normalized spacial score (nSPS) is 11.9. The first-order chi connectivity index (χ1) is 12.3. The van der Waals surface area contributed by atoms with Gasteiger partial charge in [0.05, 0.1) is 12.0 Å². The molecule has 0 aliphatic rings. The maximum Gasteiger partial charge on any atom is 0.139 e. The number of H-pyrrole nitrogens is 1. The summed E-state index contributed by atoms with van der Waals surface area (Å²) in [5, 5.41) is 2.32. The van der Waals surface area contributed by atoms with Crippen molar-refractivity contribution in [3.8, 4) is 11.3 Å². The van der Waals surface area contributed by atoms with Crippen molar-refractivity contribution in [1.29, 1.82) is 0 Å². The van der Waals surface area contributed by atoms with Crippen LogP contribution in [0.15, 0.2) is 59.2 Å². The third-order valence-electron chi connectivity index (χ3n) is 4.55. The summed E-state index contributed by atoms with van der Waals surface area (Å²) in [7, 11) is 0. The smallest absolute Gasteiger partial charge is 0.139 e. The largest absolute Gasteiger partial charge is 0.464 e. The van der Waals surface area contributed by atoms with E-state index in [4.69, 9.17) is 9.40 Å². The fourth-order valence-electron chi connectivity index (χ4n) is 3.20.